The molecule has 0 spiro atoms. The first-order valence-electron chi connectivity index (χ1n) is 4.06. The topological polar surface area (TPSA) is 91.8 Å². The number of fused-ring (bicyclic) bond motifs is 1. The lowest BCUT2D eigenvalue weighted by Gasteiger charge is -1.96. The third kappa shape index (κ3) is 1.73. The van der Waals surface area contributed by atoms with Crippen LogP contribution in [0.2, 0.25) is 0 Å². The second-order valence-corrected chi connectivity index (χ2v) is 3.86. The van der Waals surface area contributed by atoms with Gasteiger partial charge in [-0.1, -0.05) is 11.3 Å². The van der Waals surface area contributed by atoms with Crippen LogP contribution in [0, 0.1) is 11.5 Å². The molecule has 0 atom stereocenters. The Morgan fingerprint density at radius 3 is 3.13 bits per heavy atom. The van der Waals surface area contributed by atoms with Crippen LogP contribution in [0.3, 0.4) is 0 Å². The van der Waals surface area contributed by atoms with E-state index in [4.69, 9.17) is 11.0 Å². The Labute approximate surface area is 89.1 Å². The molecule has 3 N–H and O–H groups in total. The number of hydrogen-bond donors (Lipinski definition) is 2. The Kier molecular flexibility index (Phi) is 2.23. The number of aromatic nitrogens is 1. The summed E-state index contributed by atoms with van der Waals surface area (Å²) < 4.78 is 0.832. The summed E-state index contributed by atoms with van der Waals surface area (Å²) in [6, 6.07) is 4.97. The number of carbonyl (C=O) groups is 1. The van der Waals surface area contributed by atoms with Crippen LogP contribution >= 0.6 is 11.3 Å². The van der Waals surface area contributed by atoms with Crippen LogP contribution in [0.25, 0.3) is 10.2 Å². The average Bonchev–Trinajstić information content (AvgIpc) is 2.57. The molecule has 1 heterocycles. The standard InChI is InChI=1S/C9H6N4OS/c10-4-12-8(14)5-1-2-6-7(3-5)15-9(11)13-6/h1-3H,(H2,11,13)(H,12,14). The molecule has 74 valence electrons. The highest BCUT2D eigenvalue weighted by Gasteiger charge is 2.07. The van der Waals surface area contributed by atoms with E-state index >= 15 is 0 Å². The van der Waals surface area contributed by atoms with Crippen LogP contribution in [-0.2, 0) is 0 Å². The minimum absolute atomic E-state index is 0.424. The number of hydrogen-bond acceptors (Lipinski definition) is 5. The van der Waals surface area contributed by atoms with Gasteiger partial charge in [0.15, 0.2) is 11.3 Å². The number of nitrogens with two attached hydrogens (primary N) is 1. The second kappa shape index (κ2) is 3.55. The van der Waals surface area contributed by atoms with Gasteiger partial charge in [-0.05, 0) is 18.2 Å². The van der Waals surface area contributed by atoms with E-state index in [-0.39, 0.29) is 0 Å². The second-order valence-electron chi connectivity index (χ2n) is 2.80. The molecule has 0 aliphatic rings. The van der Waals surface area contributed by atoms with Crippen LogP contribution < -0.4 is 11.1 Å². The number of amides is 1. The van der Waals surface area contributed by atoms with Crippen molar-refractivity contribution < 1.29 is 4.79 Å². The number of rotatable bonds is 1. The van der Waals surface area contributed by atoms with Gasteiger partial charge in [-0.25, -0.2) is 4.98 Å². The van der Waals surface area contributed by atoms with Gasteiger partial charge in [0.05, 0.1) is 10.2 Å². The van der Waals surface area contributed by atoms with Gasteiger partial charge in [0.2, 0.25) is 0 Å². The van der Waals surface area contributed by atoms with E-state index in [1.807, 2.05) is 0 Å². The van der Waals surface area contributed by atoms with Gasteiger partial charge in [-0.2, -0.15) is 5.26 Å². The zero-order valence-electron chi connectivity index (χ0n) is 7.52. The van der Waals surface area contributed by atoms with Crippen LogP contribution in [0.5, 0.6) is 0 Å². The molecule has 1 aromatic carbocycles. The van der Waals surface area contributed by atoms with Crippen LogP contribution in [0.15, 0.2) is 18.2 Å². The first kappa shape index (κ1) is 9.43. The summed E-state index contributed by atoms with van der Waals surface area (Å²) >= 11 is 1.31. The smallest absolute Gasteiger partial charge is 0.264 e. The summed E-state index contributed by atoms with van der Waals surface area (Å²) in [6.45, 7) is 0. The SMILES string of the molecule is N#CNC(=O)c1ccc2nc(N)sc2c1. The van der Waals surface area contributed by atoms with Crippen molar-refractivity contribution in [3.63, 3.8) is 0 Å². The minimum Gasteiger partial charge on any atom is -0.375 e. The van der Waals surface area contributed by atoms with Gasteiger partial charge in [-0.3, -0.25) is 10.1 Å². The van der Waals surface area contributed by atoms with Crippen molar-refractivity contribution in [3.05, 3.63) is 23.8 Å². The molecule has 1 amide bonds. The Bertz CT molecular complexity index is 569. The van der Waals surface area contributed by atoms with E-state index in [0.29, 0.717) is 10.7 Å². The van der Waals surface area contributed by atoms with Crippen molar-refractivity contribution in [2.24, 2.45) is 0 Å². The van der Waals surface area contributed by atoms with E-state index < -0.39 is 5.91 Å². The molecule has 0 saturated heterocycles. The number of nitrogens with one attached hydrogen (secondary N) is 1. The third-order valence-corrected chi connectivity index (χ3v) is 2.68. The summed E-state index contributed by atoms with van der Waals surface area (Å²) in [4.78, 5) is 15.4. The maximum Gasteiger partial charge on any atom is 0.264 e. The van der Waals surface area contributed by atoms with Crippen molar-refractivity contribution in [1.82, 2.24) is 10.3 Å². The van der Waals surface area contributed by atoms with E-state index in [1.54, 1.807) is 24.4 Å². The normalized spacial score (nSPS) is 9.80. The number of nitrogens with zero attached hydrogens (tertiary/aromatic N) is 2. The van der Waals surface area contributed by atoms with Gasteiger partial charge in [0.25, 0.3) is 5.91 Å². The highest BCUT2D eigenvalue weighted by atomic mass is 32.1. The average molecular weight is 218 g/mol. The molecule has 2 aromatic rings. The molecule has 6 heteroatoms. The van der Waals surface area contributed by atoms with E-state index in [0.717, 1.165) is 10.2 Å². The minimum atomic E-state index is -0.425. The molecule has 0 fully saturated rings. The molecule has 0 aliphatic heterocycles. The summed E-state index contributed by atoms with van der Waals surface area (Å²) in [5.41, 5.74) is 6.71. The number of nitrogen functional groups attached to an aromatic ring is 1. The zero-order valence-corrected chi connectivity index (χ0v) is 8.34. The predicted octanol–water partition coefficient (Wildman–Crippen LogP) is 1.09. The van der Waals surface area contributed by atoms with E-state index in [9.17, 15) is 4.79 Å². The molecular formula is C9H6N4OS. The molecular weight excluding hydrogens is 212 g/mol. The third-order valence-electron chi connectivity index (χ3n) is 1.84. The summed E-state index contributed by atoms with van der Waals surface area (Å²) in [5.74, 6) is -0.425. The van der Waals surface area contributed by atoms with E-state index in [1.165, 1.54) is 11.3 Å². The maximum atomic E-state index is 11.3. The Morgan fingerprint density at radius 1 is 1.60 bits per heavy atom. The molecule has 0 unspecified atom stereocenters. The highest BCUT2D eigenvalue weighted by Crippen LogP contribution is 2.24. The molecule has 0 aliphatic carbocycles. The quantitative estimate of drug-likeness (QED) is 0.553. The van der Waals surface area contributed by atoms with Crippen LogP contribution in [-0.4, -0.2) is 10.9 Å². The molecule has 15 heavy (non-hydrogen) atoms. The summed E-state index contributed by atoms with van der Waals surface area (Å²) in [6.07, 6.45) is 1.58. The maximum absolute atomic E-state index is 11.3. The molecule has 0 bridgehead atoms. The van der Waals surface area contributed by atoms with Crippen molar-refractivity contribution in [2.75, 3.05) is 5.73 Å². The van der Waals surface area contributed by atoms with E-state index in [2.05, 4.69) is 10.3 Å². The highest BCUT2D eigenvalue weighted by molar-refractivity contribution is 7.22. The van der Waals surface area contributed by atoms with Gasteiger partial charge in [0, 0.05) is 5.56 Å². The van der Waals surface area contributed by atoms with Crippen molar-refractivity contribution in [2.45, 2.75) is 0 Å². The van der Waals surface area contributed by atoms with Crippen LogP contribution in [0.1, 0.15) is 10.4 Å². The Morgan fingerprint density at radius 2 is 2.40 bits per heavy atom. The number of benzene rings is 1. The van der Waals surface area contributed by atoms with Crippen LogP contribution in [0.4, 0.5) is 5.13 Å². The van der Waals surface area contributed by atoms with Gasteiger partial charge >= 0.3 is 0 Å². The zero-order chi connectivity index (χ0) is 10.8. The number of anilines is 1. The summed E-state index contributed by atoms with van der Waals surface area (Å²) in [7, 11) is 0. The Hall–Kier alpha value is -2.13. The fraction of sp³-hybridized carbons (Fsp3) is 0. The lowest BCUT2D eigenvalue weighted by atomic mass is 10.2. The lowest BCUT2D eigenvalue weighted by molar-refractivity contribution is 0.0973. The first-order valence-corrected chi connectivity index (χ1v) is 4.88. The number of carbonyl (C=O) groups excluding carboxylic acids is 1. The molecule has 5 nitrogen and oxygen atoms in total. The monoisotopic (exact) mass is 218 g/mol. The molecule has 2 rings (SSSR count). The van der Waals surface area contributed by atoms with Crippen molar-refractivity contribution >= 4 is 32.6 Å². The van der Waals surface area contributed by atoms with Crippen molar-refractivity contribution in [3.8, 4) is 6.19 Å². The fourth-order valence-corrected chi connectivity index (χ4v) is 1.98. The molecule has 0 saturated carbocycles. The van der Waals surface area contributed by atoms with Gasteiger partial charge in [-0.15, -0.1) is 0 Å². The largest absolute Gasteiger partial charge is 0.375 e. The summed E-state index contributed by atoms with van der Waals surface area (Å²) in [5, 5.41) is 10.8. The van der Waals surface area contributed by atoms with Crippen molar-refractivity contribution in [1.29, 1.82) is 5.26 Å². The lowest BCUT2D eigenvalue weighted by Crippen LogP contribution is -2.16. The number of nitriles is 1. The first-order chi connectivity index (χ1) is 7.20. The van der Waals surface area contributed by atoms with Gasteiger partial charge in [0.1, 0.15) is 0 Å². The molecule has 0 radical (unpaired) electrons. The van der Waals surface area contributed by atoms with Gasteiger partial charge < -0.3 is 5.73 Å². The predicted molar refractivity (Wildman–Crippen MR) is 57.1 cm³/mol. The number of thiazole rings is 1. The molecule has 1 aromatic heterocycles. The fourth-order valence-electron chi connectivity index (χ4n) is 1.21. The Balaban J connectivity index is 2.47.